The van der Waals surface area contributed by atoms with Crippen molar-refractivity contribution in [2.24, 2.45) is 0 Å². The predicted octanol–water partition coefficient (Wildman–Crippen LogP) is 5.52. The van der Waals surface area contributed by atoms with Crippen molar-refractivity contribution >= 4 is 34.7 Å². The van der Waals surface area contributed by atoms with E-state index in [9.17, 15) is 14.9 Å². The Morgan fingerprint density at radius 3 is 2.14 bits per heavy atom. The Morgan fingerprint density at radius 1 is 0.944 bits per heavy atom. The fraction of sp³-hybridized carbons (Fsp3) is 0.192. The quantitative estimate of drug-likeness (QED) is 0.176. The van der Waals surface area contributed by atoms with Crippen LogP contribution in [0.25, 0.3) is 5.69 Å². The van der Waals surface area contributed by atoms with Gasteiger partial charge in [0.1, 0.15) is 0 Å². The number of non-ortho nitro benzene ring substituents is 1. The molecule has 1 heterocycles. The molecule has 0 saturated carbocycles. The Hall–Kier alpha value is -4.18. The number of aromatic nitrogens is 3. The highest BCUT2D eigenvalue weighted by Crippen LogP contribution is 2.27. The first-order valence-corrected chi connectivity index (χ1v) is 12.2. The zero-order valence-corrected chi connectivity index (χ0v) is 21.0. The summed E-state index contributed by atoms with van der Waals surface area (Å²) >= 11 is 1.29. The van der Waals surface area contributed by atoms with Crippen LogP contribution < -0.4 is 10.6 Å². The molecule has 0 spiro atoms. The molecule has 36 heavy (non-hydrogen) atoms. The molecule has 1 amide bonds. The van der Waals surface area contributed by atoms with Gasteiger partial charge in [-0.05, 0) is 57.2 Å². The lowest BCUT2D eigenvalue weighted by atomic mass is 10.2. The minimum atomic E-state index is -0.494. The van der Waals surface area contributed by atoms with Crippen molar-refractivity contribution < 1.29 is 9.72 Å². The van der Waals surface area contributed by atoms with Gasteiger partial charge in [-0.15, -0.1) is 10.2 Å². The number of aryl methyl sites for hydroxylation is 2. The van der Waals surface area contributed by atoms with Crippen LogP contribution in [-0.4, -0.2) is 30.8 Å². The van der Waals surface area contributed by atoms with Gasteiger partial charge < -0.3 is 10.6 Å². The molecule has 0 saturated heterocycles. The van der Waals surface area contributed by atoms with Gasteiger partial charge in [-0.1, -0.05) is 47.2 Å². The fourth-order valence-corrected chi connectivity index (χ4v) is 4.31. The largest absolute Gasteiger partial charge is 0.378 e. The number of nitro groups is 1. The third-order valence-electron chi connectivity index (χ3n) is 5.49. The fourth-order valence-electron chi connectivity index (χ4n) is 3.42. The number of amides is 1. The van der Waals surface area contributed by atoms with E-state index in [2.05, 4.69) is 20.8 Å². The highest BCUT2D eigenvalue weighted by molar-refractivity contribution is 8.00. The number of hydrogen-bond acceptors (Lipinski definition) is 7. The van der Waals surface area contributed by atoms with E-state index in [4.69, 9.17) is 0 Å². The normalized spacial score (nSPS) is 11.6. The third kappa shape index (κ3) is 6.08. The van der Waals surface area contributed by atoms with Crippen LogP contribution in [0, 0.1) is 24.0 Å². The Bertz CT molecular complexity index is 1350. The molecule has 0 radical (unpaired) electrons. The van der Waals surface area contributed by atoms with Crippen molar-refractivity contribution in [2.75, 3.05) is 10.6 Å². The van der Waals surface area contributed by atoms with Crippen LogP contribution >= 0.6 is 11.8 Å². The van der Waals surface area contributed by atoms with Crippen molar-refractivity contribution in [3.8, 4) is 5.69 Å². The average molecular weight is 503 g/mol. The maximum atomic E-state index is 12.8. The van der Waals surface area contributed by atoms with E-state index in [0.717, 1.165) is 16.9 Å². The number of thioether (sulfide) groups is 1. The van der Waals surface area contributed by atoms with E-state index in [1.807, 2.05) is 66.9 Å². The first-order chi connectivity index (χ1) is 17.3. The van der Waals surface area contributed by atoms with Crippen LogP contribution in [-0.2, 0) is 11.3 Å². The number of hydrogen-bond donors (Lipinski definition) is 2. The molecule has 0 fully saturated rings. The number of carbonyl (C=O) groups excluding carboxylic acids is 1. The van der Waals surface area contributed by atoms with Gasteiger partial charge >= 0.3 is 0 Å². The van der Waals surface area contributed by atoms with Gasteiger partial charge in [0, 0.05) is 29.2 Å². The van der Waals surface area contributed by atoms with Crippen LogP contribution in [0.4, 0.5) is 17.1 Å². The Labute approximate surface area is 213 Å². The van der Waals surface area contributed by atoms with Gasteiger partial charge in [0.2, 0.25) is 5.91 Å². The highest BCUT2D eigenvalue weighted by Gasteiger charge is 2.21. The van der Waals surface area contributed by atoms with Crippen LogP contribution in [0.3, 0.4) is 0 Å². The molecule has 1 atom stereocenters. The summed E-state index contributed by atoms with van der Waals surface area (Å²) < 4.78 is 1.95. The Balaban J connectivity index is 1.52. The van der Waals surface area contributed by atoms with Crippen molar-refractivity contribution in [1.82, 2.24) is 14.8 Å². The summed E-state index contributed by atoms with van der Waals surface area (Å²) in [6.45, 7) is 6.30. The molecule has 0 bridgehead atoms. The first kappa shape index (κ1) is 24.9. The second kappa shape index (κ2) is 11.0. The van der Waals surface area contributed by atoms with Gasteiger partial charge in [0.15, 0.2) is 11.0 Å². The lowest BCUT2D eigenvalue weighted by molar-refractivity contribution is -0.384. The van der Waals surface area contributed by atoms with E-state index in [1.54, 1.807) is 6.92 Å². The van der Waals surface area contributed by atoms with E-state index < -0.39 is 10.2 Å². The molecular formula is C26H26N6O3S. The molecule has 184 valence electrons. The van der Waals surface area contributed by atoms with Crippen molar-refractivity contribution in [3.05, 3.63) is 99.9 Å². The Morgan fingerprint density at radius 2 is 1.53 bits per heavy atom. The average Bonchev–Trinajstić information content (AvgIpc) is 3.26. The number of nitrogens with zero attached hydrogens (tertiary/aromatic N) is 4. The monoisotopic (exact) mass is 502 g/mol. The smallest absolute Gasteiger partial charge is 0.269 e. The number of carbonyl (C=O) groups is 1. The van der Waals surface area contributed by atoms with E-state index in [1.165, 1.54) is 41.6 Å². The predicted molar refractivity (Wildman–Crippen MR) is 142 cm³/mol. The van der Waals surface area contributed by atoms with E-state index >= 15 is 0 Å². The number of nitro benzene ring substituents is 1. The van der Waals surface area contributed by atoms with Crippen LogP contribution in [0.15, 0.2) is 78.0 Å². The summed E-state index contributed by atoms with van der Waals surface area (Å²) in [7, 11) is 0. The minimum Gasteiger partial charge on any atom is -0.378 e. The molecule has 10 heteroatoms. The standard InChI is InChI=1S/C26H26N6O3S/c1-17-4-8-20(9-5-17)27-16-24-29-30-26(31(24)22-12-6-18(2)7-13-22)36-19(3)25(33)28-21-10-14-23(15-11-21)32(34)35/h4-15,19,27H,16H2,1-3H3,(H,28,33)/t19-/m0/s1. The second-order valence-corrected chi connectivity index (χ2v) is 9.65. The van der Waals surface area contributed by atoms with Crippen molar-refractivity contribution in [1.29, 1.82) is 0 Å². The summed E-state index contributed by atoms with van der Waals surface area (Å²) in [5.74, 6) is 0.469. The molecule has 0 unspecified atom stereocenters. The highest BCUT2D eigenvalue weighted by atomic mass is 32.2. The maximum absolute atomic E-state index is 12.8. The minimum absolute atomic E-state index is 0.0339. The van der Waals surface area contributed by atoms with E-state index in [0.29, 0.717) is 23.2 Å². The van der Waals surface area contributed by atoms with Gasteiger partial charge in [-0.3, -0.25) is 19.5 Å². The second-order valence-electron chi connectivity index (χ2n) is 8.34. The number of anilines is 2. The summed E-state index contributed by atoms with van der Waals surface area (Å²) in [6.07, 6.45) is 0. The lowest BCUT2D eigenvalue weighted by Crippen LogP contribution is -2.23. The van der Waals surface area contributed by atoms with E-state index in [-0.39, 0.29) is 11.6 Å². The van der Waals surface area contributed by atoms with Gasteiger partial charge in [-0.25, -0.2) is 0 Å². The van der Waals surface area contributed by atoms with Crippen molar-refractivity contribution in [2.45, 2.75) is 37.7 Å². The molecule has 4 aromatic rings. The molecule has 1 aromatic heterocycles. The molecule has 0 aliphatic rings. The summed E-state index contributed by atoms with van der Waals surface area (Å²) in [5.41, 5.74) is 4.65. The molecule has 9 nitrogen and oxygen atoms in total. The summed E-state index contributed by atoms with van der Waals surface area (Å²) in [5, 5.41) is 25.9. The zero-order chi connectivity index (χ0) is 25.7. The van der Waals surface area contributed by atoms with Crippen molar-refractivity contribution in [3.63, 3.8) is 0 Å². The lowest BCUT2D eigenvalue weighted by Gasteiger charge is -2.14. The van der Waals surface area contributed by atoms with Crippen LogP contribution in [0.5, 0.6) is 0 Å². The summed E-state index contributed by atoms with van der Waals surface area (Å²) in [4.78, 5) is 23.2. The zero-order valence-electron chi connectivity index (χ0n) is 20.1. The molecule has 0 aliphatic carbocycles. The van der Waals surface area contributed by atoms with Gasteiger partial charge in [0.05, 0.1) is 16.7 Å². The van der Waals surface area contributed by atoms with Gasteiger partial charge in [-0.2, -0.15) is 0 Å². The molecule has 3 aromatic carbocycles. The SMILES string of the molecule is Cc1ccc(NCc2nnc(S[C@@H](C)C(=O)Nc3ccc([N+](=O)[O-])cc3)n2-c2ccc(C)cc2)cc1. The Kier molecular flexibility index (Phi) is 7.65. The summed E-state index contributed by atoms with van der Waals surface area (Å²) in [6, 6.07) is 21.9. The topological polar surface area (TPSA) is 115 Å². The van der Waals surface area contributed by atoms with Crippen LogP contribution in [0.2, 0.25) is 0 Å². The first-order valence-electron chi connectivity index (χ1n) is 11.3. The number of benzene rings is 3. The molecule has 0 aliphatic heterocycles. The number of rotatable bonds is 9. The number of nitrogens with one attached hydrogen (secondary N) is 2. The molecule has 2 N–H and O–H groups in total. The van der Waals surface area contributed by atoms with Gasteiger partial charge in [0.25, 0.3) is 5.69 Å². The third-order valence-corrected chi connectivity index (χ3v) is 6.53. The molecular weight excluding hydrogens is 476 g/mol. The molecule has 4 rings (SSSR count). The van der Waals surface area contributed by atoms with Crippen LogP contribution in [0.1, 0.15) is 23.9 Å². The maximum Gasteiger partial charge on any atom is 0.269 e.